The van der Waals surface area contributed by atoms with Crippen LogP contribution in [0.1, 0.15) is 18.4 Å². The van der Waals surface area contributed by atoms with Crippen LogP contribution in [-0.4, -0.2) is 26.8 Å². The summed E-state index contributed by atoms with van der Waals surface area (Å²) in [6, 6.07) is 10.8. The van der Waals surface area contributed by atoms with Gasteiger partial charge in [0.2, 0.25) is 0 Å². The molecule has 1 N–H and O–H groups in total. The molecule has 0 unspecified atom stereocenters. The van der Waals surface area contributed by atoms with Crippen molar-refractivity contribution in [3.05, 3.63) is 35.9 Å². The maximum atomic E-state index is 5.46. The maximum Gasteiger partial charge on any atom is 0.0475 e. The third kappa shape index (κ3) is 2.21. The van der Waals surface area contributed by atoms with Gasteiger partial charge in [0.1, 0.15) is 0 Å². The van der Waals surface area contributed by atoms with Crippen LogP contribution in [0.5, 0.6) is 0 Å². The minimum atomic E-state index is 0.286. The lowest BCUT2D eigenvalue weighted by Gasteiger charge is -2.37. The highest BCUT2D eigenvalue weighted by Crippen LogP contribution is 2.33. The first kappa shape index (κ1) is 10.7. The van der Waals surface area contributed by atoms with Crippen molar-refractivity contribution in [1.82, 2.24) is 5.32 Å². The smallest absolute Gasteiger partial charge is 0.0475 e. The zero-order chi connectivity index (χ0) is 10.6. The van der Waals surface area contributed by atoms with E-state index >= 15 is 0 Å². The molecule has 0 saturated carbocycles. The number of hydrogen-bond acceptors (Lipinski definition) is 2. The highest BCUT2D eigenvalue weighted by molar-refractivity contribution is 5.26. The van der Waals surface area contributed by atoms with Gasteiger partial charge >= 0.3 is 0 Å². The highest BCUT2D eigenvalue weighted by Gasteiger charge is 2.33. The molecule has 1 heterocycles. The molecule has 0 aliphatic carbocycles. The van der Waals surface area contributed by atoms with E-state index in [1.165, 1.54) is 5.56 Å². The van der Waals surface area contributed by atoms with Gasteiger partial charge in [-0.1, -0.05) is 30.3 Å². The lowest BCUT2D eigenvalue weighted by molar-refractivity contribution is 0.0506. The first-order chi connectivity index (χ1) is 7.37. The Kier molecular flexibility index (Phi) is 3.39. The van der Waals surface area contributed by atoms with Crippen LogP contribution in [0, 0.1) is 0 Å². The normalized spacial score (nSPS) is 20.1. The Morgan fingerprint density at radius 3 is 2.47 bits per heavy atom. The molecule has 15 heavy (non-hydrogen) atoms. The molecule has 0 aromatic heterocycles. The van der Waals surface area contributed by atoms with E-state index in [4.69, 9.17) is 4.74 Å². The second-order valence-corrected chi connectivity index (χ2v) is 4.29. The molecule has 0 bridgehead atoms. The van der Waals surface area contributed by atoms with Gasteiger partial charge < -0.3 is 10.1 Å². The SMILES string of the molecule is CNCC1(c2ccccc2)CCOCC1. The van der Waals surface area contributed by atoms with Crippen molar-refractivity contribution in [3.63, 3.8) is 0 Å². The minimum Gasteiger partial charge on any atom is -0.381 e. The van der Waals surface area contributed by atoms with Crippen molar-refractivity contribution in [3.8, 4) is 0 Å². The van der Waals surface area contributed by atoms with E-state index in [0.29, 0.717) is 0 Å². The summed E-state index contributed by atoms with van der Waals surface area (Å²) in [4.78, 5) is 0. The Hall–Kier alpha value is -0.860. The van der Waals surface area contributed by atoms with Crippen molar-refractivity contribution in [2.45, 2.75) is 18.3 Å². The summed E-state index contributed by atoms with van der Waals surface area (Å²) < 4.78 is 5.46. The number of likely N-dealkylation sites (N-methyl/N-ethyl adjacent to an activating group) is 1. The van der Waals surface area contributed by atoms with E-state index in [0.717, 1.165) is 32.6 Å². The summed E-state index contributed by atoms with van der Waals surface area (Å²) in [6.07, 6.45) is 2.25. The average Bonchev–Trinajstić information content (AvgIpc) is 2.32. The van der Waals surface area contributed by atoms with Crippen LogP contribution >= 0.6 is 0 Å². The van der Waals surface area contributed by atoms with Crippen LogP contribution in [0.2, 0.25) is 0 Å². The van der Waals surface area contributed by atoms with Crippen molar-refractivity contribution in [2.75, 3.05) is 26.8 Å². The highest BCUT2D eigenvalue weighted by atomic mass is 16.5. The standard InChI is InChI=1S/C13H19NO/c1-14-11-13(7-9-15-10-8-13)12-5-3-2-4-6-12/h2-6,14H,7-11H2,1H3. The van der Waals surface area contributed by atoms with Crippen LogP contribution < -0.4 is 5.32 Å². The molecule has 0 spiro atoms. The molecular weight excluding hydrogens is 186 g/mol. The second-order valence-electron chi connectivity index (χ2n) is 4.29. The van der Waals surface area contributed by atoms with Crippen LogP contribution in [0.4, 0.5) is 0 Å². The van der Waals surface area contributed by atoms with Gasteiger partial charge in [-0.3, -0.25) is 0 Å². The Labute approximate surface area is 91.6 Å². The van der Waals surface area contributed by atoms with Crippen molar-refractivity contribution >= 4 is 0 Å². The molecule has 0 atom stereocenters. The number of benzene rings is 1. The number of ether oxygens (including phenoxy) is 1. The van der Waals surface area contributed by atoms with Gasteiger partial charge in [-0.15, -0.1) is 0 Å². The summed E-state index contributed by atoms with van der Waals surface area (Å²) >= 11 is 0. The van der Waals surface area contributed by atoms with E-state index in [9.17, 15) is 0 Å². The van der Waals surface area contributed by atoms with Crippen molar-refractivity contribution in [2.24, 2.45) is 0 Å². The lowest BCUT2D eigenvalue weighted by atomic mass is 9.74. The molecule has 1 aromatic rings. The summed E-state index contributed by atoms with van der Waals surface area (Å²) in [6.45, 7) is 2.81. The van der Waals surface area contributed by atoms with Crippen LogP contribution in [0.3, 0.4) is 0 Å². The molecule has 2 heteroatoms. The van der Waals surface area contributed by atoms with Gasteiger partial charge in [0.05, 0.1) is 0 Å². The summed E-state index contributed by atoms with van der Waals surface area (Å²) in [5, 5.41) is 3.32. The van der Waals surface area contributed by atoms with Gasteiger partial charge in [-0.2, -0.15) is 0 Å². The van der Waals surface area contributed by atoms with E-state index in [1.807, 2.05) is 7.05 Å². The Bertz CT molecular complexity index is 285. The van der Waals surface area contributed by atoms with Gasteiger partial charge in [-0.25, -0.2) is 0 Å². The van der Waals surface area contributed by atoms with Crippen LogP contribution in [0.15, 0.2) is 30.3 Å². The van der Waals surface area contributed by atoms with Gasteiger partial charge in [0, 0.05) is 25.2 Å². The van der Waals surface area contributed by atoms with E-state index < -0.39 is 0 Å². The number of nitrogens with one attached hydrogen (secondary N) is 1. The van der Waals surface area contributed by atoms with Crippen LogP contribution in [-0.2, 0) is 10.2 Å². The summed E-state index contributed by atoms with van der Waals surface area (Å²) in [5.74, 6) is 0. The number of hydrogen-bond donors (Lipinski definition) is 1. The van der Waals surface area contributed by atoms with Gasteiger partial charge in [-0.05, 0) is 25.5 Å². The molecular formula is C13H19NO. The summed E-state index contributed by atoms with van der Waals surface area (Å²) in [5.41, 5.74) is 1.73. The fraction of sp³-hybridized carbons (Fsp3) is 0.538. The molecule has 1 aromatic carbocycles. The average molecular weight is 205 g/mol. The third-order valence-electron chi connectivity index (χ3n) is 3.35. The maximum absolute atomic E-state index is 5.46. The molecule has 0 radical (unpaired) electrons. The fourth-order valence-corrected chi connectivity index (χ4v) is 2.46. The molecule has 1 fully saturated rings. The first-order valence-corrected chi connectivity index (χ1v) is 5.65. The van der Waals surface area contributed by atoms with E-state index in [2.05, 4.69) is 35.6 Å². The monoisotopic (exact) mass is 205 g/mol. The zero-order valence-electron chi connectivity index (χ0n) is 9.33. The molecule has 1 saturated heterocycles. The lowest BCUT2D eigenvalue weighted by Crippen LogP contribution is -2.41. The van der Waals surface area contributed by atoms with Crippen LogP contribution in [0.25, 0.3) is 0 Å². The Morgan fingerprint density at radius 1 is 1.20 bits per heavy atom. The predicted octanol–water partition coefficient (Wildman–Crippen LogP) is 1.95. The van der Waals surface area contributed by atoms with E-state index in [1.54, 1.807) is 0 Å². The largest absolute Gasteiger partial charge is 0.381 e. The molecule has 2 rings (SSSR count). The Morgan fingerprint density at radius 2 is 1.87 bits per heavy atom. The molecule has 1 aliphatic heterocycles. The fourth-order valence-electron chi connectivity index (χ4n) is 2.46. The number of rotatable bonds is 3. The molecule has 1 aliphatic rings. The first-order valence-electron chi connectivity index (χ1n) is 5.65. The second kappa shape index (κ2) is 4.77. The Balaban J connectivity index is 2.25. The predicted molar refractivity (Wildman–Crippen MR) is 62.1 cm³/mol. The van der Waals surface area contributed by atoms with E-state index in [-0.39, 0.29) is 5.41 Å². The van der Waals surface area contributed by atoms with Gasteiger partial charge in [0.15, 0.2) is 0 Å². The third-order valence-corrected chi connectivity index (χ3v) is 3.35. The van der Waals surface area contributed by atoms with Crippen molar-refractivity contribution < 1.29 is 4.74 Å². The molecule has 0 amide bonds. The summed E-state index contributed by atoms with van der Waals surface area (Å²) in [7, 11) is 2.03. The quantitative estimate of drug-likeness (QED) is 0.814. The topological polar surface area (TPSA) is 21.3 Å². The molecule has 82 valence electrons. The van der Waals surface area contributed by atoms with Gasteiger partial charge in [0.25, 0.3) is 0 Å². The minimum absolute atomic E-state index is 0.286. The molecule has 2 nitrogen and oxygen atoms in total. The zero-order valence-corrected chi connectivity index (χ0v) is 9.33. The van der Waals surface area contributed by atoms with Crippen molar-refractivity contribution in [1.29, 1.82) is 0 Å².